The molecular formula is C18H21FN6S. The van der Waals surface area contributed by atoms with Gasteiger partial charge in [-0.15, -0.1) is 0 Å². The lowest BCUT2D eigenvalue weighted by atomic mass is 10.1. The summed E-state index contributed by atoms with van der Waals surface area (Å²) in [6, 6.07) is 11.0. The molecular weight excluding hydrogens is 351 g/mol. The maximum Gasteiger partial charge on any atom is 0.184 e. The number of rotatable bonds is 5. The van der Waals surface area contributed by atoms with Crippen molar-refractivity contribution in [3.63, 3.8) is 0 Å². The molecule has 0 amide bonds. The maximum atomic E-state index is 14.5. The van der Waals surface area contributed by atoms with E-state index in [2.05, 4.69) is 37.5 Å². The second-order valence-electron chi connectivity index (χ2n) is 6.03. The predicted octanol–water partition coefficient (Wildman–Crippen LogP) is 1.71. The lowest BCUT2D eigenvalue weighted by Crippen LogP contribution is -2.46. The molecule has 1 saturated heterocycles. The first-order chi connectivity index (χ1) is 12.6. The van der Waals surface area contributed by atoms with Crippen molar-refractivity contribution in [2.24, 2.45) is 10.8 Å². The number of nitrogens with one attached hydrogen (secondary N) is 1. The summed E-state index contributed by atoms with van der Waals surface area (Å²) in [5.74, 6) is -0.262. The van der Waals surface area contributed by atoms with Gasteiger partial charge in [0.15, 0.2) is 5.11 Å². The summed E-state index contributed by atoms with van der Waals surface area (Å²) in [4.78, 5) is 8.76. The number of halogens is 1. The topological polar surface area (TPSA) is 69.8 Å². The number of aromatic nitrogens is 1. The molecule has 2 aromatic rings. The lowest BCUT2D eigenvalue weighted by Gasteiger charge is -2.36. The van der Waals surface area contributed by atoms with Crippen LogP contribution in [0.4, 0.5) is 10.1 Å². The molecule has 1 aromatic heterocycles. The Bertz CT molecular complexity index is 775. The van der Waals surface area contributed by atoms with E-state index in [4.69, 9.17) is 5.73 Å². The fourth-order valence-electron chi connectivity index (χ4n) is 2.90. The minimum Gasteiger partial charge on any atom is -0.375 e. The molecule has 1 aliphatic heterocycles. The normalized spacial score (nSPS) is 15.3. The Balaban J connectivity index is 1.57. The van der Waals surface area contributed by atoms with Crippen molar-refractivity contribution >= 4 is 29.2 Å². The molecule has 136 valence electrons. The third kappa shape index (κ3) is 4.96. The smallest absolute Gasteiger partial charge is 0.184 e. The minimum atomic E-state index is -0.262. The molecule has 2 heterocycles. The summed E-state index contributed by atoms with van der Waals surface area (Å²) < 4.78 is 14.5. The molecule has 0 radical (unpaired) electrons. The highest BCUT2D eigenvalue weighted by molar-refractivity contribution is 7.80. The van der Waals surface area contributed by atoms with Crippen molar-refractivity contribution in [3.05, 3.63) is 59.7 Å². The Hall–Kier alpha value is -2.58. The third-order valence-electron chi connectivity index (χ3n) is 4.18. The number of hydrazone groups is 1. The number of hydrogen-bond acceptors (Lipinski definition) is 5. The highest BCUT2D eigenvalue weighted by Gasteiger charge is 2.19. The largest absolute Gasteiger partial charge is 0.375 e. The molecule has 0 spiro atoms. The van der Waals surface area contributed by atoms with E-state index in [1.54, 1.807) is 6.07 Å². The van der Waals surface area contributed by atoms with Crippen LogP contribution in [-0.2, 0) is 6.54 Å². The highest BCUT2D eigenvalue weighted by atomic mass is 32.1. The van der Waals surface area contributed by atoms with Gasteiger partial charge in [0.25, 0.3) is 0 Å². The minimum absolute atomic E-state index is 0.0712. The number of nitrogens with two attached hydrogens (primary N) is 1. The molecule has 0 bridgehead atoms. The van der Waals surface area contributed by atoms with Gasteiger partial charge < -0.3 is 10.6 Å². The van der Waals surface area contributed by atoms with Gasteiger partial charge in [0.1, 0.15) is 5.82 Å². The van der Waals surface area contributed by atoms with E-state index in [0.29, 0.717) is 11.3 Å². The summed E-state index contributed by atoms with van der Waals surface area (Å²) in [6.07, 6.45) is 3.29. The van der Waals surface area contributed by atoms with Crippen molar-refractivity contribution in [3.8, 4) is 0 Å². The fourth-order valence-corrected chi connectivity index (χ4v) is 2.95. The Morgan fingerprint density at radius 2 is 2.08 bits per heavy atom. The van der Waals surface area contributed by atoms with Crippen LogP contribution >= 0.6 is 12.2 Å². The zero-order valence-corrected chi connectivity index (χ0v) is 15.1. The summed E-state index contributed by atoms with van der Waals surface area (Å²) in [6.45, 7) is 4.12. The third-order valence-corrected chi connectivity index (χ3v) is 4.28. The van der Waals surface area contributed by atoms with Gasteiger partial charge in [0.05, 0.1) is 17.6 Å². The number of anilines is 1. The number of thiocarbonyl (C=S) groups is 1. The summed E-state index contributed by atoms with van der Waals surface area (Å²) in [5.41, 5.74) is 10.0. The van der Waals surface area contributed by atoms with Crippen LogP contribution in [0.1, 0.15) is 11.3 Å². The van der Waals surface area contributed by atoms with Crippen molar-refractivity contribution in [1.82, 2.24) is 15.3 Å². The van der Waals surface area contributed by atoms with E-state index in [0.717, 1.165) is 38.4 Å². The zero-order chi connectivity index (χ0) is 18.4. The monoisotopic (exact) mass is 372 g/mol. The van der Waals surface area contributed by atoms with Crippen LogP contribution in [0.5, 0.6) is 0 Å². The fraction of sp³-hybridized carbons (Fsp3) is 0.278. The standard InChI is InChI=1S/C18H21FN6S/c19-16-11-14(12-22-23-18(20)26)4-5-17(16)25-9-7-24(8-10-25)13-15-3-1-2-6-21-15/h1-6,11-12H,7-10,13H2,(H3,20,23,26)/b22-12+. The average molecular weight is 372 g/mol. The second kappa shape index (κ2) is 8.68. The van der Waals surface area contributed by atoms with Crippen LogP contribution in [0, 0.1) is 5.82 Å². The molecule has 6 nitrogen and oxygen atoms in total. The summed E-state index contributed by atoms with van der Waals surface area (Å²) >= 11 is 4.66. The molecule has 1 aliphatic rings. The molecule has 0 atom stereocenters. The van der Waals surface area contributed by atoms with E-state index in [-0.39, 0.29) is 10.9 Å². The Kier molecular flexibility index (Phi) is 6.08. The van der Waals surface area contributed by atoms with Gasteiger partial charge in [-0.3, -0.25) is 15.3 Å². The molecule has 3 rings (SSSR count). The van der Waals surface area contributed by atoms with Crippen molar-refractivity contribution in [1.29, 1.82) is 0 Å². The van der Waals surface area contributed by atoms with E-state index in [1.807, 2.05) is 30.5 Å². The van der Waals surface area contributed by atoms with Crippen LogP contribution in [0.2, 0.25) is 0 Å². The van der Waals surface area contributed by atoms with Crippen LogP contribution in [-0.4, -0.2) is 47.4 Å². The Morgan fingerprint density at radius 1 is 1.27 bits per heavy atom. The lowest BCUT2D eigenvalue weighted by molar-refractivity contribution is 0.246. The SMILES string of the molecule is NC(=S)N/N=C/c1ccc(N2CCN(Cc3ccccn3)CC2)c(F)c1. The van der Waals surface area contributed by atoms with Crippen LogP contribution in [0.15, 0.2) is 47.7 Å². The summed E-state index contributed by atoms with van der Waals surface area (Å²) in [7, 11) is 0. The molecule has 3 N–H and O–H groups in total. The van der Waals surface area contributed by atoms with Crippen molar-refractivity contribution < 1.29 is 4.39 Å². The van der Waals surface area contributed by atoms with Gasteiger partial charge in [0.2, 0.25) is 0 Å². The number of piperazine rings is 1. The number of hydrogen-bond donors (Lipinski definition) is 2. The first kappa shape index (κ1) is 18.2. The van der Waals surface area contributed by atoms with Gasteiger partial charge in [-0.25, -0.2) is 4.39 Å². The van der Waals surface area contributed by atoms with E-state index >= 15 is 0 Å². The molecule has 0 unspecified atom stereocenters. The highest BCUT2D eigenvalue weighted by Crippen LogP contribution is 2.22. The van der Waals surface area contributed by atoms with Crippen LogP contribution in [0.25, 0.3) is 0 Å². The zero-order valence-electron chi connectivity index (χ0n) is 14.3. The number of nitrogens with zero attached hydrogens (tertiary/aromatic N) is 4. The average Bonchev–Trinajstić information content (AvgIpc) is 2.63. The second-order valence-corrected chi connectivity index (χ2v) is 6.47. The van der Waals surface area contributed by atoms with Crippen LogP contribution < -0.4 is 16.1 Å². The first-order valence-corrected chi connectivity index (χ1v) is 8.78. The molecule has 0 aliphatic carbocycles. The van der Waals surface area contributed by atoms with Crippen molar-refractivity contribution in [2.75, 3.05) is 31.1 Å². The predicted molar refractivity (Wildman–Crippen MR) is 106 cm³/mol. The van der Waals surface area contributed by atoms with E-state index < -0.39 is 0 Å². The molecule has 1 fully saturated rings. The Labute approximate surface area is 157 Å². The van der Waals surface area contributed by atoms with Crippen LogP contribution in [0.3, 0.4) is 0 Å². The van der Waals surface area contributed by atoms with E-state index in [9.17, 15) is 4.39 Å². The molecule has 0 saturated carbocycles. The Morgan fingerprint density at radius 3 is 2.73 bits per heavy atom. The number of pyridine rings is 1. The van der Waals surface area contributed by atoms with Gasteiger partial charge in [0, 0.05) is 38.9 Å². The first-order valence-electron chi connectivity index (χ1n) is 8.37. The van der Waals surface area contributed by atoms with Gasteiger partial charge >= 0.3 is 0 Å². The molecule has 26 heavy (non-hydrogen) atoms. The van der Waals surface area contributed by atoms with Gasteiger partial charge in [-0.05, 0) is 42.0 Å². The number of benzene rings is 1. The van der Waals surface area contributed by atoms with Gasteiger partial charge in [-0.2, -0.15) is 5.10 Å². The van der Waals surface area contributed by atoms with Gasteiger partial charge in [-0.1, -0.05) is 12.1 Å². The summed E-state index contributed by atoms with van der Waals surface area (Å²) in [5, 5.41) is 3.91. The quantitative estimate of drug-likeness (QED) is 0.473. The molecule has 8 heteroatoms. The molecule has 1 aromatic carbocycles. The van der Waals surface area contributed by atoms with Crippen molar-refractivity contribution in [2.45, 2.75) is 6.54 Å². The maximum absolute atomic E-state index is 14.5. The van der Waals surface area contributed by atoms with E-state index in [1.165, 1.54) is 12.3 Å².